The molecule has 0 aliphatic carbocycles. The molecule has 1 nitrogen and oxygen atoms in total. The maximum atomic E-state index is 2.32. The zero-order chi connectivity index (χ0) is 9.14. The SMILES string of the molecule is CC(c1ccc(I)cc1)N(C)C. The van der Waals surface area contributed by atoms with Crippen molar-refractivity contribution in [2.75, 3.05) is 14.1 Å². The zero-order valence-corrected chi connectivity index (χ0v) is 9.87. The molecule has 0 bridgehead atoms. The molecular weight excluding hydrogens is 261 g/mol. The molecule has 0 aliphatic rings. The number of rotatable bonds is 2. The number of hydrogen-bond acceptors (Lipinski definition) is 1. The highest BCUT2D eigenvalue weighted by Crippen LogP contribution is 2.17. The van der Waals surface area contributed by atoms with Crippen LogP contribution in [0.3, 0.4) is 0 Å². The van der Waals surface area contributed by atoms with E-state index in [0.717, 1.165) is 0 Å². The minimum absolute atomic E-state index is 0.502. The Bertz CT molecular complexity index is 241. The first-order valence-electron chi connectivity index (χ1n) is 4.03. The fourth-order valence-corrected chi connectivity index (χ4v) is 1.40. The summed E-state index contributed by atoms with van der Waals surface area (Å²) in [7, 11) is 4.20. The van der Waals surface area contributed by atoms with E-state index in [9.17, 15) is 0 Å². The molecule has 0 N–H and O–H groups in total. The molecule has 0 fully saturated rings. The minimum atomic E-state index is 0.502. The van der Waals surface area contributed by atoms with E-state index in [1.165, 1.54) is 9.13 Å². The Morgan fingerprint density at radius 3 is 2.08 bits per heavy atom. The minimum Gasteiger partial charge on any atom is -0.303 e. The van der Waals surface area contributed by atoms with Gasteiger partial charge in [-0.15, -0.1) is 0 Å². The molecule has 0 saturated heterocycles. The molecular formula is C10H14IN. The van der Waals surface area contributed by atoms with E-state index < -0.39 is 0 Å². The molecule has 0 heterocycles. The Morgan fingerprint density at radius 2 is 1.67 bits per heavy atom. The molecule has 1 rings (SSSR count). The van der Waals surface area contributed by atoms with Crippen molar-refractivity contribution < 1.29 is 0 Å². The van der Waals surface area contributed by atoms with Gasteiger partial charge >= 0.3 is 0 Å². The van der Waals surface area contributed by atoms with Gasteiger partial charge in [-0.05, 0) is 61.3 Å². The summed E-state index contributed by atoms with van der Waals surface area (Å²) in [5.74, 6) is 0. The van der Waals surface area contributed by atoms with Crippen LogP contribution in [0.1, 0.15) is 18.5 Å². The van der Waals surface area contributed by atoms with Crippen LogP contribution in [-0.2, 0) is 0 Å². The van der Waals surface area contributed by atoms with Gasteiger partial charge in [0.25, 0.3) is 0 Å². The fraction of sp³-hybridized carbons (Fsp3) is 0.400. The number of nitrogens with zero attached hydrogens (tertiary/aromatic N) is 1. The third-order valence-electron chi connectivity index (χ3n) is 2.13. The van der Waals surface area contributed by atoms with Crippen LogP contribution >= 0.6 is 22.6 Å². The second-order valence-corrected chi connectivity index (χ2v) is 4.44. The Kier molecular flexibility index (Phi) is 3.53. The maximum absolute atomic E-state index is 2.32. The molecule has 0 spiro atoms. The lowest BCUT2D eigenvalue weighted by Gasteiger charge is -2.19. The molecule has 0 amide bonds. The third-order valence-corrected chi connectivity index (χ3v) is 2.85. The number of benzene rings is 1. The van der Waals surface area contributed by atoms with E-state index in [2.05, 4.69) is 72.8 Å². The normalized spacial score (nSPS) is 13.4. The van der Waals surface area contributed by atoms with Crippen molar-refractivity contribution in [3.8, 4) is 0 Å². The van der Waals surface area contributed by atoms with Crippen LogP contribution in [0.4, 0.5) is 0 Å². The molecule has 0 aromatic heterocycles. The predicted octanol–water partition coefficient (Wildman–Crippen LogP) is 2.91. The van der Waals surface area contributed by atoms with Crippen molar-refractivity contribution in [1.29, 1.82) is 0 Å². The monoisotopic (exact) mass is 275 g/mol. The van der Waals surface area contributed by atoms with Crippen LogP contribution in [0.25, 0.3) is 0 Å². The van der Waals surface area contributed by atoms with Gasteiger partial charge in [-0.1, -0.05) is 12.1 Å². The van der Waals surface area contributed by atoms with Crippen molar-refractivity contribution >= 4 is 22.6 Å². The lowest BCUT2D eigenvalue weighted by molar-refractivity contribution is 0.321. The van der Waals surface area contributed by atoms with E-state index >= 15 is 0 Å². The molecule has 2 heteroatoms. The summed E-state index contributed by atoms with van der Waals surface area (Å²) in [6.45, 7) is 2.21. The molecule has 1 aromatic rings. The van der Waals surface area contributed by atoms with E-state index in [0.29, 0.717) is 6.04 Å². The summed E-state index contributed by atoms with van der Waals surface area (Å²) in [5.41, 5.74) is 1.38. The molecule has 1 aromatic carbocycles. The number of halogens is 1. The molecule has 0 aliphatic heterocycles. The Hall–Kier alpha value is -0.0900. The Labute approximate surface area is 87.9 Å². The predicted molar refractivity (Wildman–Crippen MR) is 61.3 cm³/mol. The van der Waals surface area contributed by atoms with Crippen LogP contribution in [-0.4, -0.2) is 19.0 Å². The van der Waals surface area contributed by atoms with E-state index in [4.69, 9.17) is 0 Å². The van der Waals surface area contributed by atoms with Gasteiger partial charge in [-0.2, -0.15) is 0 Å². The lowest BCUT2D eigenvalue weighted by atomic mass is 10.1. The smallest absolute Gasteiger partial charge is 0.0313 e. The van der Waals surface area contributed by atoms with Crippen LogP contribution in [0.15, 0.2) is 24.3 Å². The van der Waals surface area contributed by atoms with Crippen LogP contribution in [0, 0.1) is 3.57 Å². The Morgan fingerprint density at radius 1 is 1.17 bits per heavy atom. The summed E-state index contributed by atoms with van der Waals surface area (Å²) in [6.07, 6.45) is 0. The average molecular weight is 275 g/mol. The summed E-state index contributed by atoms with van der Waals surface area (Å²) < 4.78 is 1.29. The van der Waals surface area contributed by atoms with Crippen LogP contribution in [0.5, 0.6) is 0 Å². The van der Waals surface area contributed by atoms with Crippen LogP contribution in [0.2, 0.25) is 0 Å². The highest BCUT2D eigenvalue weighted by Gasteiger charge is 2.05. The first-order chi connectivity index (χ1) is 5.61. The second kappa shape index (κ2) is 4.23. The summed E-state index contributed by atoms with van der Waals surface area (Å²) in [6, 6.07) is 9.17. The fourth-order valence-electron chi connectivity index (χ4n) is 1.04. The van der Waals surface area contributed by atoms with Crippen molar-refractivity contribution in [1.82, 2.24) is 4.90 Å². The molecule has 12 heavy (non-hydrogen) atoms. The van der Waals surface area contributed by atoms with Crippen molar-refractivity contribution in [3.05, 3.63) is 33.4 Å². The van der Waals surface area contributed by atoms with Crippen LogP contribution < -0.4 is 0 Å². The molecule has 66 valence electrons. The van der Waals surface area contributed by atoms with E-state index in [1.54, 1.807) is 0 Å². The van der Waals surface area contributed by atoms with Crippen molar-refractivity contribution in [2.45, 2.75) is 13.0 Å². The molecule has 1 atom stereocenters. The molecule has 1 unspecified atom stereocenters. The first-order valence-corrected chi connectivity index (χ1v) is 5.11. The highest BCUT2D eigenvalue weighted by atomic mass is 127. The molecule has 0 radical (unpaired) electrons. The number of hydrogen-bond donors (Lipinski definition) is 0. The summed E-state index contributed by atoms with van der Waals surface area (Å²) in [5, 5.41) is 0. The van der Waals surface area contributed by atoms with Crippen molar-refractivity contribution in [3.63, 3.8) is 0 Å². The Balaban J connectivity index is 2.82. The van der Waals surface area contributed by atoms with Gasteiger partial charge in [-0.3, -0.25) is 0 Å². The summed E-state index contributed by atoms with van der Waals surface area (Å²) in [4.78, 5) is 2.21. The summed E-state index contributed by atoms with van der Waals surface area (Å²) >= 11 is 2.32. The quantitative estimate of drug-likeness (QED) is 0.750. The maximum Gasteiger partial charge on any atom is 0.0313 e. The second-order valence-electron chi connectivity index (χ2n) is 3.19. The van der Waals surface area contributed by atoms with Gasteiger partial charge in [0.2, 0.25) is 0 Å². The van der Waals surface area contributed by atoms with Gasteiger partial charge in [0, 0.05) is 9.61 Å². The van der Waals surface area contributed by atoms with Gasteiger partial charge in [-0.25, -0.2) is 0 Å². The van der Waals surface area contributed by atoms with Gasteiger partial charge in [0.05, 0.1) is 0 Å². The third kappa shape index (κ3) is 2.45. The van der Waals surface area contributed by atoms with Gasteiger partial charge < -0.3 is 4.90 Å². The molecule has 0 saturated carbocycles. The van der Waals surface area contributed by atoms with Gasteiger partial charge in [0.1, 0.15) is 0 Å². The zero-order valence-electron chi connectivity index (χ0n) is 7.71. The topological polar surface area (TPSA) is 3.24 Å². The first kappa shape index (κ1) is 9.99. The van der Waals surface area contributed by atoms with Crippen molar-refractivity contribution in [2.24, 2.45) is 0 Å². The van der Waals surface area contributed by atoms with Gasteiger partial charge in [0.15, 0.2) is 0 Å². The van der Waals surface area contributed by atoms with E-state index in [-0.39, 0.29) is 0 Å². The highest BCUT2D eigenvalue weighted by molar-refractivity contribution is 14.1. The average Bonchev–Trinajstić information content (AvgIpc) is 2.04. The lowest BCUT2D eigenvalue weighted by Crippen LogP contribution is -2.16. The standard InChI is InChI=1S/C10H14IN/c1-8(12(2)3)9-4-6-10(11)7-5-9/h4-8H,1-3H3. The van der Waals surface area contributed by atoms with E-state index in [1.807, 2.05) is 0 Å². The largest absolute Gasteiger partial charge is 0.303 e.